The highest BCUT2D eigenvalue weighted by Gasteiger charge is 2.30. The molecule has 118 valence electrons. The van der Waals surface area contributed by atoms with Gasteiger partial charge in [-0.3, -0.25) is 4.79 Å². The van der Waals surface area contributed by atoms with Gasteiger partial charge in [0.1, 0.15) is 7.85 Å². The first kappa shape index (κ1) is 18.0. The topological polar surface area (TPSA) is 60.9 Å². The van der Waals surface area contributed by atoms with E-state index < -0.39 is 5.97 Å². The largest absolute Gasteiger partial charge is 0.478 e. The Morgan fingerprint density at radius 1 is 1.00 bits per heavy atom. The molecule has 1 aromatic carbocycles. The Bertz CT molecular complexity index is 646. The van der Waals surface area contributed by atoms with Gasteiger partial charge in [-0.05, 0) is 23.0 Å². The highest BCUT2D eigenvalue weighted by atomic mass is 79.9. The van der Waals surface area contributed by atoms with E-state index in [2.05, 4.69) is 52.7 Å². The van der Waals surface area contributed by atoms with Crippen molar-refractivity contribution in [3.8, 4) is 0 Å². The van der Waals surface area contributed by atoms with Gasteiger partial charge in [-0.2, -0.15) is 0 Å². The molecular formula is C13H14BBr3N2O3. The zero-order valence-corrected chi connectivity index (χ0v) is 16.9. The van der Waals surface area contributed by atoms with Crippen molar-refractivity contribution in [2.75, 3.05) is 33.2 Å². The van der Waals surface area contributed by atoms with Crippen LogP contribution in [0.1, 0.15) is 20.7 Å². The van der Waals surface area contributed by atoms with E-state index >= 15 is 0 Å². The van der Waals surface area contributed by atoms with Crippen molar-refractivity contribution >= 4 is 73.0 Å². The molecule has 0 saturated carbocycles. The van der Waals surface area contributed by atoms with Crippen LogP contribution in [0.5, 0.6) is 0 Å². The third kappa shape index (κ3) is 3.27. The number of rotatable bonds is 2. The number of hydrogen-bond donors (Lipinski definition) is 1. The fourth-order valence-corrected chi connectivity index (χ4v) is 4.24. The molecule has 1 saturated heterocycles. The van der Waals surface area contributed by atoms with Crippen molar-refractivity contribution < 1.29 is 14.7 Å². The fraction of sp³-hybridized carbons (Fsp3) is 0.385. The third-order valence-electron chi connectivity index (χ3n) is 3.76. The van der Waals surface area contributed by atoms with Crippen molar-refractivity contribution in [3.63, 3.8) is 0 Å². The molecule has 0 unspecified atom stereocenters. The maximum absolute atomic E-state index is 12.8. The summed E-state index contributed by atoms with van der Waals surface area (Å²) >= 11 is 10.1. The van der Waals surface area contributed by atoms with E-state index in [-0.39, 0.29) is 17.0 Å². The van der Waals surface area contributed by atoms with Crippen LogP contribution >= 0.6 is 47.8 Å². The van der Waals surface area contributed by atoms with E-state index in [0.717, 1.165) is 18.6 Å². The Labute approximate surface area is 154 Å². The van der Waals surface area contributed by atoms with Gasteiger partial charge in [-0.25, -0.2) is 4.79 Å². The summed E-state index contributed by atoms with van der Waals surface area (Å²) in [4.78, 5) is 28.3. The normalized spacial score (nSPS) is 15.9. The molecule has 1 aliphatic rings. The fourth-order valence-electron chi connectivity index (χ4n) is 2.35. The molecule has 1 amide bonds. The number of carboxylic acid groups (broad SMARTS) is 1. The predicted molar refractivity (Wildman–Crippen MR) is 98.1 cm³/mol. The van der Waals surface area contributed by atoms with E-state index in [1.165, 1.54) is 0 Å². The summed E-state index contributed by atoms with van der Waals surface area (Å²) < 4.78 is 1.59. The van der Waals surface area contributed by atoms with Gasteiger partial charge in [-0.1, -0.05) is 37.3 Å². The van der Waals surface area contributed by atoms with Gasteiger partial charge >= 0.3 is 5.97 Å². The number of carbonyl (C=O) groups is 2. The number of benzene rings is 1. The Hall–Kier alpha value is -0.375. The van der Waals surface area contributed by atoms with E-state index in [4.69, 9.17) is 0 Å². The highest BCUT2D eigenvalue weighted by molar-refractivity contribution is 9.13. The zero-order valence-electron chi connectivity index (χ0n) is 12.1. The molecule has 1 N–H and O–H groups in total. The van der Waals surface area contributed by atoms with Crippen LogP contribution in [0, 0.1) is 0 Å². The average Bonchev–Trinajstić information content (AvgIpc) is 2.48. The molecule has 1 fully saturated rings. The Balaban J connectivity index is 2.54. The van der Waals surface area contributed by atoms with E-state index in [1.807, 2.05) is 7.05 Å². The van der Waals surface area contributed by atoms with Crippen LogP contribution in [0.15, 0.2) is 13.4 Å². The molecule has 9 heteroatoms. The van der Waals surface area contributed by atoms with Gasteiger partial charge < -0.3 is 14.9 Å². The summed E-state index contributed by atoms with van der Waals surface area (Å²) in [7, 11) is 3.79. The number of amides is 1. The summed E-state index contributed by atoms with van der Waals surface area (Å²) in [6.07, 6.45) is 0. The van der Waals surface area contributed by atoms with Crippen molar-refractivity contribution in [1.82, 2.24) is 9.80 Å². The summed E-state index contributed by atoms with van der Waals surface area (Å²) in [6.45, 7) is 2.73. The minimum absolute atomic E-state index is 0.00324. The van der Waals surface area contributed by atoms with Crippen LogP contribution in [0.2, 0.25) is 0 Å². The van der Waals surface area contributed by atoms with Crippen molar-refractivity contribution in [1.29, 1.82) is 0 Å². The molecule has 0 aliphatic carbocycles. The molecule has 1 heterocycles. The average molecular weight is 497 g/mol. The number of aromatic carboxylic acids is 1. The molecule has 5 nitrogen and oxygen atoms in total. The zero-order chi connectivity index (χ0) is 16.6. The number of carboxylic acids is 1. The molecule has 0 aromatic heterocycles. The van der Waals surface area contributed by atoms with E-state index in [1.54, 1.807) is 12.7 Å². The number of hydrogen-bond acceptors (Lipinski definition) is 3. The minimum atomic E-state index is -1.12. The maximum atomic E-state index is 12.8. The van der Waals surface area contributed by atoms with Crippen molar-refractivity contribution in [2.24, 2.45) is 0 Å². The number of carbonyl (C=O) groups excluding carboxylic acids is 1. The summed E-state index contributed by atoms with van der Waals surface area (Å²) in [5.41, 5.74) is 0.914. The molecule has 1 aliphatic heterocycles. The van der Waals surface area contributed by atoms with Crippen LogP contribution in [0.25, 0.3) is 0 Å². The van der Waals surface area contributed by atoms with E-state index in [9.17, 15) is 14.7 Å². The lowest BCUT2D eigenvalue weighted by molar-refractivity contribution is 0.0634. The van der Waals surface area contributed by atoms with Gasteiger partial charge in [0, 0.05) is 39.6 Å². The van der Waals surface area contributed by atoms with Gasteiger partial charge in [-0.15, -0.1) is 0 Å². The first-order valence-electron chi connectivity index (χ1n) is 6.63. The number of piperazine rings is 1. The van der Waals surface area contributed by atoms with Crippen molar-refractivity contribution in [2.45, 2.75) is 0 Å². The van der Waals surface area contributed by atoms with Gasteiger partial charge in [0.25, 0.3) is 5.91 Å². The third-order valence-corrected chi connectivity index (χ3v) is 7.07. The van der Waals surface area contributed by atoms with Crippen LogP contribution in [-0.4, -0.2) is 67.9 Å². The van der Waals surface area contributed by atoms with Crippen LogP contribution in [0.4, 0.5) is 0 Å². The van der Waals surface area contributed by atoms with E-state index in [0.29, 0.717) is 26.5 Å². The Morgan fingerprint density at radius 2 is 1.55 bits per heavy atom. The van der Waals surface area contributed by atoms with Gasteiger partial charge in [0.2, 0.25) is 0 Å². The SMILES string of the molecule is Bc1c(Br)c(Br)c(C(=O)N2CCN(C)CC2)c(C(=O)O)c1Br. The second-order valence-corrected chi connectivity index (χ2v) is 7.60. The second-order valence-electron chi connectivity index (χ2n) is 5.22. The Morgan fingerprint density at radius 3 is 2.05 bits per heavy atom. The Kier molecular flexibility index (Phi) is 5.74. The number of nitrogens with zero attached hydrogens (tertiary/aromatic N) is 2. The van der Waals surface area contributed by atoms with Crippen LogP contribution in [-0.2, 0) is 0 Å². The predicted octanol–water partition coefficient (Wildman–Crippen LogP) is 1.32. The molecule has 0 bridgehead atoms. The van der Waals surface area contributed by atoms with Crippen LogP contribution in [0.3, 0.4) is 0 Å². The lowest BCUT2D eigenvalue weighted by Gasteiger charge is -2.33. The standard InChI is InChI=1S/C13H14BBr3N2O3/c1-18-2-4-19(5-3-18)12(20)6-7(13(21)22)9(15)8(14)11(17)10(6)16/h2-5,14H2,1H3,(H,21,22). The minimum Gasteiger partial charge on any atom is -0.478 e. The maximum Gasteiger partial charge on any atom is 0.337 e. The second kappa shape index (κ2) is 7.03. The smallest absolute Gasteiger partial charge is 0.337 e. The molecule has 0 radical (unpaired) electrons. The summed E-state index contributed by atoms with van der Waals surface area (Å²) in [6, 6.07) is 0. The molecule has 0 atom stereocenters. The van der Waals surface area contributed by atoms with Crippen LogP contribution < -0.4 is 5.46 Å². The first-order valence-corrected chi connectivity index (χ1v) is 9.01. The highest BCUT2D eigenvalue weighted by Crippen LogP contribution is 2.33. The summed E-state index contributed by atoms with van der Waals surface area (Å²) in [5.74, 6) is -1.39. The number of halogens is 3. The summed E-state index contributed by atoms with van der Waals surface area (Å²) in [5, 5.41) is 9.53. The van der Waals surface area contributed by atoms with Crippen molar-refractivity contribution in [3.05, 3.63) is 24.5 Å². The van der Waals surface area contributed by atoms with Gasteiger partial charge in [0.05, 0.1) is 11.1 Å². The molecule has 1 aromatic rings. The number of likely N-dealkylation sites (N-methyl/N-ethyl adjacent to an activating group) is 1. The van der Waals surface area contributed by atoms with Gasteiger partial charge in [0.15, 0.2) is 0 Å². The quantitative estimate of drug-likeness (QED) is 0.496. The molecule has 22 heavy (non-hydrogen) atoms. The molecule has 0 spiro atoms. The molecular weight excluding hydrogens is 483 g/mol. The lowest BCUT2D eigenvalue weighted by Crippen LogP contribution is -2.47. The monoisotopic (exact) mass is 494 g/mol. The molecule has 2 rings (SSSR count). The first-order chi connectivity index (χ1) is 10.3. The lowest BCUT2D eigenvalue weighted by atomic mass is 9.91.